The van der Waals surface area contributed by atoms with Crippen LogP contribution >= 0.6 is 57.5 Å². The molecule has 5 heterocycles. The van der Waals surface area contributed by atoms with Gasteiger partial charge in [-0.05, 0) is 11.4 Å². The third-order valence-corrected chi connectivity index (χ3v) is 10.2. The number of hydrogen-bond donors (Lipinski definition) is 3. The maximum Gasteiger partial charge on any atom is 0.353 e. The summed E-state index contributed by atoms with van der Waals surface area (Å²) >= 11 is 6.54. The normalized spacial score (nSPS) is 19.6. The SMILES string of the molecule is CO/N=C(/C(=O)N[C@@H]1C(=O)N2C(C(=O)O)=C(Sc3nnc(-c4cccs4)s3)CS[C@H]12)c1csc(N)n1. The summed E-state index contributed by atoms with van der Waals surface area (Å²) in [6.07, 6.45) is 0. The summed E-state index contributed by atoms with van der Waals surface area (Å²) in [6, 6.07) is 2.91. The van der Waals surface area contributed by atoms with Gasteiger partial charge in [-0.2, -0.15) is 0 Å². The standard InChI is InChI=1S/C19H15N7O5S5/c1-31-25-10(7-5-34-18(20)21-7)13(27)22-11-15(28)26-12(17(29)30)9(6-33-16(11)26)35-19-24-23-14(36-19)8-3-2-4-32-8/h2-5,11,16H,6H2,1H3,(H2,20,21)(H,22,27)(H,29,30)/b25-10+/t11-,16-/m1/s1. The molecule has 17 heteroatoms. The lowest BCUT2D eigenvalue weighted by atomic mass is 10.0. The number of carboxylic acid groups (broad SMARTS) is 1. The first-order valence-corrected chi connectivity index (χ1v) is 14.4. The smallest absolute Gasteiger partial charge is 0.353 e. The van der Waals surface area contributed by atoms with Gasteiger partial charge in [-0.3, -0.25) is 14.5 Å². The molecule has 0 spiro atoms. The van der Waals surface area contributed by atoms with Crippen molar-refractivity contribution in [3.63, 3.8) is 0 Å². The van der Waals surface area contributed by atoms with Gasteiger partial charge in [-0.15, -0.1) is 44.6 Å². The molecular formula is C19H15N7O5S5. The van der Waals surface area contributed by atoms with Gasteiger partial charge in [0.15, 0.2) is 20.2 Å². The molecule has 1 saturated heterocycles. The minimum absolute atomic E-state index is 0.120. The molecule has 3 aromatic rings. The van der Waals surface area contributed by atoms with Crippen LogP contribution in [-0.4, -0.2) is 73.0 Å². The fourth-order valence-electron chi connectivity index (χ4n) is 3.43. The Balaban J connectivity index is 1.33. The number of anilines is 1. The van der Waals surface area contributed by atoms with Gasteiger partial charge in [0.25, 0.3) is 11.8 Å². The monoisotopic (exact) mass is 581 g/mol. The number of hydrogen-bond acceptors (Lipinski definition) is 14. The van der Waals surface area contributed by atoms with Crippen molar-refractivity contribution < 1.29 is 24.3 Å². The number of aliphatic carboxylic acids is 1. The second kappa shape index (κ2) is 10.2. The minimum Gasteiger partial charge on any atom is -0.477 e. The average Bonchev–Trinajstić information content (AvgIpc) is 3.62. The number of thiazole rings is 1. The van der Waals surface area contributed by atoms with Gasteiger partial charge in [0.05, 0.1) is 4.88 Å². The van der Waals surface area contributed by atoms with Crippen LogP contribution in [0.1, 0.15) is 5.69 Å². The van der Waals surface area contributed by atoms with E-state index in [2.05, 4.69) is 25.7 Å². The molecule has 2 amide bonds. The molecule has 36 heavy (non-hydrogen) atoms. The van der Waals surface area contributed by atoms with Crippen LogP contribution in [0.3, 0.4) is 0 Å². The van der Waals surface area contributed by atoms with E-state index in [0.717, 1.165) is 21.2 Å². The van der Waals surface area contributed by atoms with E-state index in [4.69, 9.17) is 10.6 Å². The maximum atomic E-state index is 13.0. The summed E-state index contributed by atoms with van der Waals surface area (Å²) < 4.78 is 0.576. The van der Waals surface area contributed by atoms with Crippen molar-refractivity contribution >= 4 is 86.2 Å². The molecule has 2 aliphatic heterocycles. The van der Waals surface area contributed by atoms with Crippen molar-refractivity contribution in [1.29, 1.82) is 0 Å². The van der Waals surface area contributed by atoms with Gasteiger partial charge in [0, 0.05) is 16.0 Å². The Morgan fingerprint density at radius 3 is 2.86 bits per heavy atom. The largest absolute Gasteiger partial charge is 0.477 e. The van der Waals surface area contributed by atoms with Gasteiger partial charge in [-0.1, -0.05) is 34.3 Å². The number of oxime groups is 1. The number of fused-ring (bicyclic) bond motifs is 1. The number of amides is 2. The average molecular weight is 582 g/mol. The molecule has 0 aliphatic carbocycles. The molecule has 0 bridgehead atoms. The van der Waals surface area contributed by atoms with E-state index in [1.807, 2.05) is 17.5 Å². The molecule has 0 saturated carbocycles. The highest BCUT2D eigenvalue weighted by Crippen LogP contribution is 2.46. The van der Waals surface area contributed by atoms with E-state index >= 15 is 0 Å². The topological polar surface area (TPSA) is 173 Å². The Hall–Kier alpha value is -2.99. The number of nitrogens with two attached hydrogens (primary N) is 1. The number of carbonyl (C=O) groups is 3. The predicted molar refractivity (Wildman–Crippen MR) is 139 cm³/mol. The molecular weight excluding hydrogens is 567 g/mol. The number of thiophene rings is 1. The Morgan fingerprint density at radius 1 is 1.36 bits per heavy atom. The number of nitrogen functional groups attached to an aromatic ring is 1. The Bertz CT molecular complexity index is 1400. The molecule has 0 radical (unpaired) electrons. The Kier molecular flexibility index (Phi) is 6.98. The highest BCUT2D eigenvalue weighted by atomic mass is 32.2. The fraction of sp³-hybridized carbons (Fsp3) is 0.211. The summed E-state index contributed by atoms with van der Waals surface area (Å²) in [5, 5.41) is 28.5. The second-order valence-corrected chi connectivity index (χ2v) is 12.3. The van der Waals surface area contributed by atoms with Crippen LogP contribution in [0.4, 0.5) is 5.13 Å². The van der Waals surface area contributed by atoms with E-state index in [9.17, 15) is 19.5 Å². The molecule has 2 atom stereocenters. The first-order valence-electron chi connectivity index (χ1n) is 9.97. The number of thioether (sulfide) groups is 2. The van der Waals surface area contributed by atoms with Crippen LogP contribution in [-0.2, 0) is 19.2 Å². The van der Waals surface area contributed by atoms with Crippen LogP contribution in [0.25, 0.3) is 9.88 Å². The van der Waals surface area contributed by atoms with Gasteiger partial charge in [0.2, 0.25) is 0 Å². The summed E-state index contributed by atoms with van der Waals surface area (Å²) in [7, 11) is 1.28. The zero-order chi connectivity index (χ0) is 25.4. The number of nitrogens with one attached hydrogen (secondary N) is 1. The molecule has 4 N–H and O–H groups in total. The quantitative estimate of drug-likeness (QED) is 0.202. The predicted octanol–water partition coefficient (Wildman–Crippen LogP) is 2.14. The second-order valence-electron chi connectivity index (χ2n) is 7.08. The van der Waals surface area contributed by atoms with E-state index in [1.54, 1.807) is 5.38 Å². The van der Waals surface area contributed by atoms with Gasteiger partial charge < -0.3 is 21.0 Å². The minimum atomic E-state index is -1.23. The van der Waals surface area contributed by atoms with Gasteiger partial charge in [-0.25, -0.2) is 9.78 Å². The lowest BCUT2D eigenvalue weighted by molar-refractivity contribution is -0.150. The van der Waals surface area contributed by atoms with Crippen molar-refractivity contribution in [2.24, 2.45) is 5.16 Å². The summed E-state index contributed by atoms with van der Waals surface area (Å²) in [4.78, 5) is 49.4. The number of carboxylic acids is 1. The number of rotatable bonds is 8. The molecule has 5 rings (SSSR count). The van der Waals surface area contributed by atoms with Crippen LogP contribution < -0.4 is 11.1 Å². The molecule has 0 unspecified atom stereocenters. The zero-order valence-corrected chi connectivity index (χ0v) is 22.2. The van der Waals surface area contributed by atoms with E-state index in [1.165, 1.54) is 58.2 Å². The number of nitrogens with zero attached hydrogens (tertiary/aromatic N) is 5. The van der Waals surface area contributed by atoms with E-state index < -0.39 is 29.2 Å². The van der Waals surface area contributed by atoms with Crippen LogP contribution in [0.5, 0.6) is 0 Å². The Labute approximate surface area is 223 Å². The molecule has 0 aromatic carbocycles. The molecule has 12 nitrogen and oxygen atoms in total. The summed E-state index contributed by atoms with van der Waals surface area (Å²) in [6.45, 7) is 0. The highest BCUT2D eigenvalue weighted by molar-refractivity contribution is 8.07. The van der Waals surface area contributed by atoms with Crippen LogP contribution in [0.2, 0.25) is 0 Å². The van der Waals surface area contributed by atoms with Crippen molar-refractivity contribution in [3.8, 4) is 9.88 Å². The molecule has 1 fully saturated rings. The lowest BCUT2D eigenvalue weighted by Crippen LogP contribution is -2.71. The number of carbonyl (C=O) groups excluding carboxylic acids is 2. The fourth-order valence-corrected chi connectivity index (χ4v) is 8.26. The Morgan fingerprint density at radius 2 is 2.19 bits per heavy atom. The highest BCUT2D eigenvalue weighted by Gasteiger charge is 2.54. The molecule has 3 aromatic heterocycles. The third kappa shape index (κ3) is 4.59. The van der Waals surface area contributed by atoms with E-state index in [-0.39, 0.29) is 22.2 Å². The number of β-lactam (4-membered cyclic amide) rings is 1. The first-order chi connectivity index (χ1) is 17.4. The van der Waals surface area contributed by atoms with Crippen molar-refractivity contribution in [2.45, 2.75) is 15.8 Å². The van der Waals surface area contributed by atoms with Crippen LogP contribution in [0, 0.1) is 0 Å². The first kappa shape index (κ1) is 24.7. The third-order valence-electron chi connectivity index (χ3n) is 4.93. The van der Waals surface area contributed by atoms with E-state index in [0.29, 0.717) is 15.0 Å². The maximum absolute atomic E-state index is 13.0. The van der Waals surface area contributed by atoms with Gasteiger partial charge in [0.1, 0.15) is 29.9 Å². The van der Waals surface area contributed by atoms with Gasteiger partial charge >= 0.3 is 5.97 Å². The zero-order valence-electron chi connectivity index (χ0n) is 18.1. The van der Waals surface area contributed by atoms with Crippen molar-refractivity contribution in [2.75, 3.05) is 18.6 Å². The molecule has 2 aliphatic rings. The lowest BCUT2D eigenvalue weighted by Gasteiger charge is -2.49. The van der Waals surface area contributed by atoms with Crippen LogP contribution in [0.15, 0.2) is 43.0 Å². The van der Waals surface area contributed by atoms with Crippen molar-refractivity contribution in [3.05, 3.63) is 39.2 Å². The number of aromatic nitrogens is 3. The summed E-state index contributed by atoms with van der Waals surface area (Å²) in [5.74, 6) is -2.13. The summed E-state index contributed by atoms with van der Waals surface area (Å²) in [5.41, 5.74) is 5.59. The van der Waals surface area contributed by atoms with Crippen molar-refractivity contribution in [1.82, 2.24) is 25.4 Å². The molecule has 186 valence electrons.